The third-order valence-electron chi connectivity index (χ3n) is 4.98. The Morgan fingerprint density at radius 1 is 1.33 bits per heavy atom. The van der Waals surface area contributed by atoms with Crippen LogP contribution in [0.2, 0.25) is 0 Å². The Kier molecular flexibility index (Phi) is 5.61. The fourth-order valence-electron chi connectivity index (χ4n) is 3.56. The van der Waals surface area contributed by atoms with Gasteiger partial charge in [0.1, 0.15) is 11.9 Å². The van der Waals surface area contributed by atoms with Crippen molar-refractivity contribution >= 4 is 6.03 Å². The first-order valence-electron chi connectivity index (χ1n) is 9.05. The van der Waals surface area contributed by atoms with Crippen LogP contribution in [-0.2, 0) is 0 Å². The lowest BCUT2D eigenvalue weighted by Gasteiger charge is -2.39. The minimum atomic E-state index is 0.0447. The van der Waals surface area contributed by atoms with E-state index in [1.165, 1.54) is 24.9 Å². The number of nitrogens with zero attached hydrogens (tertiary/aromatic N) is 2. The van der Waals surface area contributed by atoms with Crippen molar-refractivity contribution in [1.82, 2.24) is 15.1 Å². The number of urea groups is 1. The number of piperidine rings is 1. The van der Waals surface area contributed by atoms with Crippen LogP contribution in [0.15, 0.2) is 24.3 Å². The van der Waals surface area contributed by atoms with Crippen LogP contribution in [0.4, 0.5) is 4.79 Å². The standard InChI is InChI=1S/C19H29N3O2/c1-15-5-3-7-17(11-15)24-18-13-22(14-18)19(23)20-9-8-16-6-4-10-21(2)12-16/h3,5,7,11,16,18H,4,6,8-10,12-14H2,1-2H3,(H,20,23). The molecule has 0 saturated carbocycles. The van der Waals surface area contributed by atoms with Gasteiger partial charge in [-0.05, 0) is 63.4 Å². The van der Waals surface area contributed by atoms with E-state index in [0.717, 1.165) is 31.2 Å². The fraction of sp³-hybridized carbons (Fsp3) is 0.632. The van der Waals surface area contributed by atoms with Gasteiger partial charge in [0.25, 0.3) is 0 Å². The summed E-state index contributed by atoms with van der Waals surface area (Å²) >= 11 is 0. The number of aryl methyl sites for hydroxylation is 1. The predicted molar refractivity (Wildman–Crippen MR) is 95.4 cm³/mol. The number of hydrogen-bond donors (Lipinski definition) is 1. The van der Waals surface area contributed by atoms with Gasteiger partial charge in [-0.15, -0.1) is 0 Å². The van der Waals surface area contributed by atoms with Gasteiger partial charge in [-0.3, -0.25) is 0 Å². The van der Waals surface area contributed by atoms with Crippen LogP contribution in [0.5, 0.6) is 5.75 Å². The maximum Gasteiger partial charge on any atom is 0.317 e. The molecule has 3 rings (SSSR count). The van der Waals surface area contributed by atoms with Gasteiger partial charge in [-0.1, -0.05) is 12.1 Å². The summed E-state index contributed by atoms with van der Waals surface area (Å²) in [6.45, 7) is 6.54. The quantitative estimate of drug-likeness (QED) is 0.902. The van der Waals surface area contributed by atoms with E-state index in [4.69, 9.17) is 4.74 Å². The summed E-state index contributed by atoms with van der Waals surface area (Å²) in [7, 11) is 2.18. The third-order valence-corrected chi connectivity index (χ3v) is 4.98. The normalized spacial score (nSPS) is 22.1. The molecule has 0 spiro atoms. The first-order valence-corrected chi connectivity index (χ1v) is 9.05. The summed E-state index contributed by atoms with van der Waals surface area (Å²) in [6, 6.07) is 8.10. The van der Waals surface area contributed by atoms with Crippen LogP contribution in [0.1, 0.15) is 24.8 Å². The van der Waals surface area contributed by atoms with Gasteiger partial charge in [0.2, 0.25) is 0 Å². The molecule has 24 heavy (non-hydrogen) atoms. The lowest BCUT2D eigenvalue weighted by Crippen LogP contribution is -2.59. The summed E-state index contributed by atoms with van der Waals surface area (Å²) in [4.78, 5) is 16.3. The van der Waals surface area contributed by atoms with Gasteiger partial charge >= 0.3 is 6.03 Å². The van der Waals surface area contributed by atoms with Crippen molar-refractivity contribution in [2.75, 3.05) is 39.8 Å². The molecule has 0 bridgehead atoms. The molecule has 5 heteroatoms. The molecule has 1 N–H and O–H groups in total. The monoisotopic (exact) mass is 331 g/mol. The maximum atomic E-state index is 12.1. The summed E-state index contributed by atoms with van der Waals surface area (Å²) in [5.41, 5.74) is 1.19. The Morgan fingerprint density at radius 3 is 2.92 bits per heavy atom. The van der Waals surface area contributed by atoms with Crippen molar-refractivity contribution in [2.24, 2.45) is 5.92 Å². The first-order chi connectivity index (χ1) is 11.6. The highest BCUT2D eigenvalue weighted by molar-refractivity contribution is 5.75. The molecule has 0 aromatic heterocycles. The second-order valence-corrected chi connectivity index (χ2v) is 7.25. The molecule has 2 aliphatic rings. The number of nitrogens with one attached hydrogen (secondary N) is 1. The molecule has 1 atom stereocenters. The first kappa shape index (κ1) is 17.1. The van der Waals surface area contributed by atoms with Gasteiger partial charge in [-0.2, -0.15) is 0 Å². The molecule has 1 unspecified atom stereocenters. The van der Waals surface area contributed by atoms with E-state index in [0.29, 0.717) is 13.1 Å². The number of amides is 2. The molecule has 1 aromatic rings. The minimum absolute atomic E-state index is 0.0447. The number of ether oxygens (including phenoxy) is 1. The lowest BCUT2D eigenvalue weighted by molar-refractivity contribution is 0.0442. The van der Waals surface area contributed by atoms with E-state index >= 15 is 0 Å². The number of hydrogen-bond acceptors (Lipinski definition) is 3. The van der Waals surface area contributed by atoms with Crippen molar-refractivity contribution in [3.8, 4) is 5.75 Å². The van der Waals surface area contributed by atoms with Crippen molar-refractivity contribution in [3.05, 3.63) is 29.8 Å². The highest BCUT2D eigenvalue weighted by Crippen LogP contribution is 2.20. The molecule has 2 aliphatic heterocycles. The average molecular weight is 331 g/mol. The molecular formula is C19H29N3O2. The molecule has 1 aromatic carbocycles. The molecular weight excluding hydrogens is 302 g/mol. The third kappa shape index (κ3) is 4.63. The van der Waals surface area contributed by atoms with E-state index in [2.05, 4.69) is 30.3 Å². The number of benzene rings is 1. The Balaban J connectivity index is 1.31. The Bertz CT molecular complexity index is 557. The lowest BCUT2D eigenvalue weighted by atomic mass is 9.95. The molecule has 2 fully saturated rings. The Hall–Kier alpha value is -1.75. The zero-order chi connectivity index (χ0) is 16.9. The van der Waals surface area contributed by atoms with Gasteiger partial charge in [-0.25, -0.2) is 4.79 Å². The highest BCUT2D eigenvalue weighted by atomic mass is 16.5. The maximum absolute atomic E-state index is 12.1. The summed E-state index contributed by atoms with van der Waals surface area (Å²) in [5, 5.41) is 3.05. The second kappa shape index (κ2) is 7.88. The molecule has 2 amide bonds. The number of likely N-dealkylation sites (tertiary alicyclic amines) is 2. The molecule has 2 heterocycles. The topological polar surface area (TPSA) is 44.8 Å². The summed E-state index contributed by atoms with van der Waals surface area (Å²) < 4.78 is 5.90. The van der Waals surface area contributed by atoms with E-state index < -0.39 is 0 Å². The summed E-state index contributed by atoms with van der Waals surface area (Å²) in [5.74, 6) is 1.61. The predicted octanol–water partition coefficient (Wildman–Crippen LogP) is 2.50. The van der Waals surface area contributed by atoms with Crippen LogP contribution >= 0.6 is 0 Å². The molecule has 5 nitrogen and oxygen atoms in total. The van der Waals surface area contributed by atoms with Gasteiger partial charge in [0.05, 0.1) is 13.1 Å². The number of carbonyl (C=O) groups is 1. The second-order valence-electron chi connectivity index (χ2n) is 7.25. The number of rotatable bonds is 5. The van der Waals surface area contributed by atoms with Crippen molar-refractivity contribution < 1.29 is 9.53 Å². The Labute approximate surface area is 145 Å². The van der Waals surface area contributed by atoms with E-state index in [-0.39, 0.29) is 12.1 Å². The van der Waals surface area contributed by atoms with Gasteiger partial charge in [0.15, 0.2) is 0 Å². The summed E-state index contributed by atoms with van der Waals surface area (Å²) in [6.07, 6.45) is 3.76. The largest absolute Gasteiger partial charge is 0.487 e. The van der Waals surface area contributed by atoms with Crippen LogP contribution in [0, 0.1) is 12.8 Å². The van der Waals surface area contributed by atoms with E-state index in [1.54, 1.807) is 0 Å². The number of carbonyl (C=O) groups excluding carboxylic acids is 1. The minimum Gasteiger partial charge on any atom is -0.487 e. The smallest absolute Gasteiger partial charge is 0.317 e. The van der Waals surface area contributed by atoms with Crippen LogP contribution in [0.3, 0.4) is 0 Å². The Morgan fingerprint density at radius 2 is 2.17 bits per heavy atom. The van der Waals surface area contributed by atoms with Crippen molar-refractivity contribution in [2.45, 2.75) is 32.3 Å². The molecule has 132 valence electrons. The molecule has 0 radical (unpaired) electrons. The van der Waals surface area contributed by atoms with Gasteiger partial charge in [0, 0.05) is 13.1 Å². The zero-order valence-electron chi connectivity index (χ0n) is 14.8. The SMILES string of the molecule is Cc1cccc(OC2CN(C(=O)NCCC3CCCN(C)C3)C2)c1. The van der Waals surface area contributed by atoms with Crippen molar-refractivity contribution in [3.63, 3.8) is 0 Å². The molecule has 0 aliphatic carbocycles. The molecule has 2 saturated heterocycles. The fourth-order valence-corrected chi connectivity index (χ4v) is 3.56. The van der Waals surface area contributed by atoms with Crippen LogP contribution in [-0.4, -0.2) is 61.7 Å². The average Bonchev–Trinajstić information content (AvgIpc) is 2.50. The van der Waals surface area contributed by atoms with Crippen LogP contribution in [0.25, 0.3) is 0 Å². The van der Waals surface area contributed by atoms with Gasteiger partial charge < -0.3 is 19.9 Å². The van der Waals surface area contributed by atoms with Crippen molar-refractivity contribution in [1.29, 1.82) is 0 Å². The van der Waals surface area contributed by atoms with E-state index in [1.807, 2.05) is 23.1 Å². The van der Waals surface area contributed by atoms with Crippen LogP contribution < -0.4 is 10.1 Å². The van der Waals surface area contributed by atoms with E-state index in [9.17, 15) is 4.79 Å². The zero-order valence-corrected chi connectivity index (χ0v) is 14.8. The highest BCUT2D eigenvalue weighted by Gasteiger charge is 2.32.